The molecule has 7 heteroatoms. The molecule has 1 saturated carbocycles. The summed E-state index contributed by atoms with van der Waals surface area (Å²) in [7, 11) is 1.41. The van der Waals surface area contributed by atoms with E-state index in [1.807, 2.05) is 6.07 Å². The molecule has 0 bridgehead atoms. The molecule has 1 amide bonds. The van der Waals surface area contributed by atoms with Gasteiger partial charge >= 0.3 is 5.97 Å². The second-order valence-electron chi connectivity index (χ2n) is 8.07. The fourth-order valence-electron chi connectivity index (χ4n) is 4.41. The number of piperidine rings is 1. The van der Waals surface area contributed by atoms with E-state index in [4.69, 9.17) is 0 Å². The molecule has 0 radical (unpaired) electrons. The second kappa shape index (κ2) is 11.5. The number of hydrogen-bond donors (Lipinski definition) is 2. The molecule has 1 heterocycles. The van der Waals surface area contributed by atoms with Gasteiger partial charge in [-0.1, -0.05) is 6.07 Å². The van der Waals surface area contributed by atoms with Crippen molar-refractivity contribution in [1.82, 2.24) is 10.6 Å². The molecule has 1 aliphatic heterocycles. The van der Waals surface area contributed by atoms with Gasteiger partial charge in [0.1, 0.15) is 5.82 Å². The average molecular weight is 427 g/mol. The summed E-state index contributed by atoms with van der Waals surface area (Å²) in [4.78, 5) is 23.8. The number of rotatable bonds is 6. The van der Waals surface area contributed by atoms with Crippen molar-refractivity contribution in [1.29, 1.82) is 0 Å². The summed E-state index contributed by atoms with van der Waals surface area (Å²) in [6.45, 7) is 1.91. The van der Waals surface area contributed by atoms with Gasteiger partial charge in [-0.3, -0.25) is 9.59 Å². The van der Waals surface area contributed by atoms with Crippen molar-refractivity contribution in [2.45, 2.75) is 63.3 Å². The first-order valence-corrected chi connectivity index (χ1v) is 10.4. The van der Waals surface area contributed by atoms with Crippen LogP contribution in [0.2, 0.25) is 0 Å². The minimum atomic E-state index is -0.430. The van der Waals surface area contributed by atoms with Gasteiger partial charge in [0.2, 0.25) is 0 Å². The molecule has 2 fully saturated rings. The van der Waals surface area contributed by atoms with E-state index in [1.54, 1.807) is 6.07 Å². The highest BCUT2D eigenvalue weighted by atomic mass is 35.5. The predicted molar refractivity (Wildman–Crippen MR) is 113 cm³/mol. The zero-order valence-corrected chi connectivity index (χ0v) is 17.9. The fraction of sp³-hybridized carbons (Fsp3) is 0.636. The Hall–Kier alpha value is -1.66. The van der Waals surface area contributed by atoms with Crippen LogP contribution in [0.1, 0.15) is 73.2 Å². The number of hydrogen-bond acceptors (Lipinski definition) is 4. The Morgan fingerprint density at radius 2 is 1.83 bits per heavy atom. The SMILES string of the molecule is COC(=O)CCC1CCC(NC(=O)c2ccc(C3CCNCC3)cc2F)CC1.Cl. The van der Waals surface area contributed by atoms with E-state index in [0.29, 0.717) is 18.3 Å². The monoisotopic (exact) mass is 426 g/mol. The van der Waals surface area contributed by atoms with Crippen LogP contribution >= 0.6 is 12.4 Å². The Kier molecular flexibility index (Phi) is 9.37. The van der Waals surface area contributed by atoms with Crippen molar-refractivity contribution < 1.29 is 18.7 Å². The standard InChI is InChI=1S/C22H31FN2O3.ClH/c1-28-21(26)9-4-15-2-6-18(7-3-15)25-22(27)19-8-5-17(14-20(19)23)16-10-12-24-13-11-16;/h5,8,14-16,18,24H,2-4,6-7,9-13H2,1H3,(H,25,27);1H. The van der Waals surface area contributed by atoms with Crippen LogP contribution in [-0.4, -0.2) is 38.1 Å². The molecule has 0 spiro atoms. The number of methoxy groups -OCH3 is 1. The van der Waals surface area contributed by atoms with Crippen molar-refractivity contribution in [3.05, 3.63) is 35.1 Å². The van der Waals surface area contributed by atoms with E-state index < -0.39 is 5.82 Å². The van der Waals surface area contributed by atoms with Crippen LogP contribution < -0.4 is 10.6 Å². The lowest BCUT2D eigenvalue weighted by molar-refractivity contribution is -0.141. The molecule has 1 aromatic rings. The number of esters is 1. The predicted octanol–water partition coefficient (Wildman–Crippen LogP) is 3.96. The third kappa shape index (κ3) is 6.68. The molecule has 0 unspecified atom stereocenters. The third-order valence-electron chi connectivity index (χ3n) is 6.21. The Balaban J connectivity index is 0.00000300. The molecule has 0 atom stereocenters. The maximum absolute atomic E-state index is 14.6. The molecule has 2 N–H and O–H groups in total. The van der Waals surface area contributed by atoms with Crippen molar-refractivity contribution >= 4 is 24.3 Å². The van der Waals surface area contributed by atoms with Crippen molar-refractivity contribution in [3.8, 4) is 0 Å². The lowest BCUT2D eigenvalue weighted by atomic mass is 9.83. The Morgan fingerprint density at radius 3 is 2.45 bits per heavy atom. The first-order chi connectivity index (χ1) is 13.6. The van der Waals surface area contributed by atoms with E-state index in [1.165, 1.54) is 13.2 Å². The fourth-order valence-corrected chi connectivity index (χ4v) is 4.41. The highest BCUT2D eigenvalue weighted by Crippen LogP contribution is 2.29. The molecule has 1 aromatic carbocycles. The van der Waals surface area contributed by atoms with E-state index in [0.717, 1.165) is 63.6 Å². The van der Waals surface area contributed by atoms with Gasteiger partial charge in [0.25, 0.3) is 5.91 Å². The van der Waals surface area contributed by atoms with Gasteiger partial charge in [-0.25, -0.2) is 4.39 Å². The summed E-state index contributed by atoms with van der Waals surface area (Å²) in [5, 5.41) is 6.30. The smallest absolute Gasteiger partial charge is 0.305 e. The number of amides is 1. The number of ether oxygens (including phenoxy) is 1. The molecular weight excluding hydrogens is 395 g/mol. The van der Waals surface area contributed by atoms with Crippen molar-refractivity contribution in [2.75, 3.05) is 20.2 Å². The third-order valence-corrected chi connectivity index (χ3v) is 6.21. The Morgan fingerprint density at radius 1 is 1.14 bits per heavy atom. The second-order valence-corrected chi connectivity index (χ2v) is 8.07. The summed E-state index contributed by atoms with van der Waals surface area (Å²) in [6, 6.07) is 5.14. The lowest BCUT2D eigenvalue weighted by Crippen LogP contribution is -2.38. The maximum atomic E-state index is 14.6. The molecule has 1 aliphatic carbocycles. The first-order valence-electron chi connectivity index (χ1n) is 10.4. The van der Waals surface area contributed by atoms with Crippen LogP contribution in [0, 0.1) is 11.7 Å². The largest absolute Gasteiger partial charge is 0.469 e. The average Bonchev–Trinajstić information content (AvgIpc) is 2.73. The lowest BCUT2D eigenvalue weighted by Gasteiger charge is -2.29. The van der Waals surface area contributed by atoms with Gasteiger partial charge in [-0.2, -0.15) is 0 Å². The minimum absolute atomic E-state index is 0. The highest BCUT2D eigenvalue weighted by molar-refractivity contribution is 5.94. The summed E-state index contributed by atoms with van der Waals surface area (Å²) < 4.78 is 19.2. The molecule has 5 nitrogen and oxygen atoms in total. The normalized spacial score (nSPS) is 22.4. The van der Waals surface area contributed by atoms with Gasteiger partial charge in [-0.15, -0.1) is 12.4 Å². The zero-order chi connectivity index (χ0) is 19.9. The van der Waals surface area contributed by atoms with E-state index in [9.17, 15) is 14.0 Å². The molecule has 162 valence electrons. The van der Waals surface area contributed by atoms with Crippen LogP contribution in [0.5, 0.6) is 0 Å². The van der Waals surface area contributed by atoms with Gasteiger partial charge < -0.3 is 15.4 Å². The summed E-state index contributed by atoms with van der Waals surface area (Å²) in [6.07, 6.45) is 6.97. The number of halogens is 2. The molecule has 2 aliphatic rings. The summed E-state index contributed by atoms with van der Waals surface area (Å²) >= 11 is 0. The Bertz CT molecular complexity index is 687. The molecule has 29 heavy (non-hydrogen) atoms. The van der Waals surface area contributed by atoms with Crippen LogP contribution in [0.25, 0.3) is 0 Å². The van der Waals surface area contributed by atoms with Gasteiger partial charge in [0.15, 0.2) is 0 Å². The van der Waals surface area contributed by atoms with E-state index in [-0.39, 0.29) is 35.9 Å². The minimum Gasteiger partial charge on any atom is -0.469 e. The number of nitrogens with one attached hydrogen (secondary N) is 2. The van der Waals surface area contributed by atoms with Crippen LogP contribution in [0.3, 0.4) is 0 Å². The number of benzene rings is 1. The first kappa shape index (κ1) is 23.6. The van der Waals surface area contributed by atoms with Crippen LogP contribution in [0.4, 0.5) is 4.39 Å². The van der Waals surface area contributed by atoms with Crippen molar-refractivity contribution in [2.24, 2.45) is 5.92 Å². The molecule has 1 saturated heterocycles. The summed E-state index contributed by atoms with van der Waals surface area (Å²) in [5.41, 5.74) is 1.12. The van der Waals surface area contributed by atoms with Gasteiger partial charge in [-0.05, 0) is 87.6 Å². The number of carbonyl (C=O) groups excluding carboxylic acids is 2. The Labute approximate surface area is 178 Å². The molecule has 0 aromatic heterocycles. The van der Waals surface area contributed by atoms with Crippen LogP contribution in [-0.2, 0) is 9.53 Å². The van der Waals surface area contributed by atoms with E-state index >= 15 is 0 Å². The van der Waals surface area contributed by atoms with Crippen molar-refractivity contribution in [3.63, 3.8) is 0 Å². The zero-order valence-electron chi connectivity index (χ0n) is 17.0. The van der Waals surface area contributed by atoms with Gasteiger partial charge in [0, 0.05) is 12.5 Å². The van der Waals surface area contributed by atoms with Gasteiger partial charge in [0.05, 0.1) is 12.7 Å². The molecular formula is C22H32ClFN2O3. The molecule has 3 rings (SSSR count). The van der Waals surface area contributed by atoms with E-state index in [2.05, 4.69) is 15.4 Å². The highest BCUT2D eigenvalue weighted by Gasteiger charge is 2.25. The summed E-state index contributed by atoms with van der Waals surface area (Å²) in [5.74, 6) is -0.0621. The topological polar surface area (TPSA) is 67.4 Å². The van der Waals surface area contributed by atoms with Crippen LogP contribution in [0.15, 0.2) is 18.2 Å². The maximum Gasteiger partial charge on any atom is 0.305 e. The number of carbonyl (C=O) groups is 2. The quantitative estimate of drug-likeness (QED) is 0.676.